The van der Waals surface area contributed by atoms with E-state index in [1.54, 1.807) is 0 Å². The second kappa shape index (κ2) is 5.27. The van der Waals surface area contributed by atoms with Crippen molar-refractivity contribution in [1.29, 1.82) is 0 Å². The van der Waals surface area contributed by atoms with Gasteiger partial charge in [-0.25, -0.2) is 8.78 Å². The van der Waals surface area contributed by atoms with E-state index in [2.05, 4.69) is 0 Å². The Morgan fingerprint density at radius 3 is 2.19 bits per heavy atom. The van der Waals surface area contributed by atoms with E-state index in [1.165, 1.54) is 13.0 Å². The molecule has 0 aromatic heterocycles. The number of rotatable bonds is 2. The second-order valence-electron chi connectivity index (χ2n) is 4.45. The fourth-order valence-corrected chi connectivity index (χ4v) is 1.89. The highest BCUT2D eigenvalue weighted by Crippen LogP contribution is 2.33. The smallest absolute Gasteiger partial charge is 0.288 e. The molecule has 0 saturated heterocycles. The van der Waals surface area contributed by atoms with Crippen LogP contribution in [0.1, 0.15) is 27.0 Å². The topological polar surface area (TPSA) is 17.1 Å². The number of hydrogen-bond donors (Lipinski definition) is 0. The SMILES string of the molecule is Cc1cc(F)c(C(=O)c2ccccc2C(F)(F)F)cc1F. The van der Waals surface area contributed by atoms with Gasteiger partial charge in [0.05, 0.1) is 11.1 Å². The van der Waals surface area contributed by atoms with Crippen molar-refractivity contribution < 1.29 is 26.7 Å². The summed E-state index contributed by atoms with van der Waals surface area (Å²) in [6.45, 7) is 1.29. The highest BCUT2D eigenvalue weighted by molar-refractivity contribution is 6.10. The van der Waals surface area contributed by atoms with Crippen molar-refractivity contribution in [3.8, 4) is 0 Å². The molecule has 0 aliphatic heterocycles. The lowest BCUT2D eigenvalue weighted by atomic mass is 9.97. The molecule has 0 N–H and O–H groups in total. The molecule has 0 saturated carbocycles. The van der Waals surface area contributed by atoms with Crippen LogP contribution in [0.2, 0.25) is 0 Å². The summed E-state index contributed by atoms with van der Waals surface area (Å²) in [5, 5.41) is 0. The third-order valence-electron chi connectivity index (χ3n) is 2.97. The van der Waals surface area contributed by atoms with Crippen molar-refractivity contribution in [2.24, 2.45) is 0 Å². The molecule has 2 aromatic carbocycles. The zero-order valence-electron chi connectivity index (χ0n) is 10.8. The van der Waals surface area contributed by atoms with Crippen molar-refractivity contribution in [3.05, 3.63) is 70.3 Å². The molecule has 0 heterocycles. The van der Waals surface area contributed by atoms with E-state index in [9.17, 15) is 26.7 Å². The van der Waals surface area contributed by atoms with Crippen LogP contribution < -0.4 is 0 Å². The van der Waals surface area contributed by atoms with Gasteiger partial charge in [-0.1, -0.05) is 18.2 Å². The number of hydrogen-bond acceptors (Lipinski definition) is 1. The Morgan fingerprint density at radius 1 is 0.952 bits per heavy atom. The molecule has 21 heavy (non-hydrogen) atoms. The number of carbonyl (C=O) groups is 1. The van der Waals surface area contributed by atoms with Gasteiger partial charge in [-0.3, -0.25) is 4.79 Å². The summed E-state index contributed by atoms with van der Waals surface area (Å²) in [7, 11) is 0. The first-order valence-corrected chi connectivity index (χ1v) is 5.88. The Bertz CT molecular complexity index is 704. The third-order valence-corrected chi connectivity index (χ3v) is 2.97. The van der Waals surface area contributed by atoms with E-state index < -0.39 is 40.3 Å². The summed E-state index contributed by atoms with van der Waals surface area (Å²) in [6.07, 6.45) is -4.76. The molecular weight excluding hydrogens is 291 g/mol. The predicted molar refractivity (Wildman–Crippen MR) is 66.0 cm³/mol. The van der Waals surface area contributed by atoms with Crippen LogP contribution in [0.15, 0.2) is 36.4 Å². The van der Waals surface area contributed by atoms with Crippen LogP contribution in [-0.4, -0.2) is 5.78 Å². The fourth-order valence-electron chi connectivity index (χ4n) is 1.89. The summed E-state index contributed by atoms with van der Waals surface area (Å²) in [5.74, 6) is -3.13. The Hall–Kier alpha value is -2.24. The Kier molecular flexibility index (Phi) is 3.80. The summed E-state index contributed by atoms with van der Waals surface area (Å²) >= 11 is 0. The molecule has 0 amide bonds. The summed E-state index contributed by atoms with van der Waals surface area (Å²) in [4.78, 5) is 12.1. The van der Waals surface area contributed by atoms with Crippen LogP contribution in [0.3, 0.4) is 0 Å². The van der Waals surface area contributed by atoms with Gasteiger partial charge in [0.2, 0.25) is 0 Å². The van der Waals surface area contributed by atoms with Crippen LogP contribution in [-0.2, 0) is 6.18 Å². The van der Waals surface area contributed by atoms with Crippen LogP contribution >= 0.6 is 0 Å². The van der Waals surface area contributed by atoms with Gasteiger partial charge in [0, 0.05) is 5.56 Å². The van der Waals surface area contributed by atoms with E-state index in [0.29, 0.717) is 6.07 Å². The van der Waals surface area contributed by atoms with Gasteiger partial charge in [0.25, 0.3) is 0 Å². The van der Waals surface area contributed by atoms with Gasteiger partial charge in [-0.15, -0.1) is 0 Å². The number of benzene rings is 2. The average molecular weight is 300 g/mol. The summed E-state index contributed by atoms with van der Waals surface area (Å²) in [5.41, 5.74) is -2.66. The number of ketones is 1. The van der Waals surface area contributed by atoms with E-state index >= 15 is 0 Å². The molecule has 0 radical (unpaired) electrons. The lowest BCUT2D eigenvalue weighted by Crippen LogP contribution is -2.15. The first-order chi connectivity index (χ1) is 9.71. The summed E-state index contributed by atoms with van der Waals surface area (Å²) < 4.78 is 65.7. The molecule has 2 aromatic rings. The maximum atomic E-state index is 13.7. The molecule has 0 aliphatic carbocycles. The Balaban J connectivity index is 2.59. The molecule has 0 aliphatic rings. The molecule has 0 atom stereocenters. The summed E-state index contributed by atoms with van der Waals surface area (Å²) in [6, 6.07) is 5.38. The normalized spacial score (nSPS) is 11.5. The zero-order valence-corrected chi connectivity index (χ0v) is 10.8. The van der Waals surface area contributed by atoms with E-state index in [0.717, 1.165) is 24.3 Å². The van der Waals surface area contributed by atoms with Crippen molar-refractivity contribution in [1.82, 2.24) is 0 Å². The molecule has 110 valence electrons. The highest BCUT2D eigenvalue weighted by Gasteiger charge is 2.35. The van der Waals surface area contributed by atoms with Crippen molar-refractivity contribution in [2.45, 2.75) is 13.1 Å². The van der Waals surface area contributed by atoms with Gasteiger partial charge in [-0.05, 0) is 30.7 Å². The van der Waals surface area contributed by atoms with Gasteiger partial charge in [0.15, 0.2) is 5.78 Å². The highest BCUT2D eigenvalue weighted by atomic mass is 19.4. The molecule has 0 fully saturated rings. The van der Waals surface area contributed by atoms with Gasteiger partial charge >= 0.3 is 6.18 Å². The third kappa shape index (κ3) is 2.94. The quantitative estimate of drug-likeness (QED) is 0.588. The first kappa shape index (κ1) is 15.2. The standard InChI is InChI=1S/C15H9F5O/c1-8-6-13(17)10(7-12(8)16)14(21)9-4-2-3-5-11(9)15(18,19)20/h2-7H,1H3. The van der Waals surface area contributed by atoms with E-state index in [-0.39, 0.29) is 5.56 Å². The fraction of sp³-hybridized carbons (Fsp3) is 0.133. The Labute approximate surface area is 117 Å². The maximum Gasteiger partial charge on any atom is 0.417 e. The predicted octanol–water partition coefficient (Wildman–Crippen LogP) is 4.52. The number of halogens is 5. The number of aryl methyl sites for hydroxylation is 1. The van der Waals surface area contributed by atoms with Crippen LogP contribution in [0.25, 0.3) is 0 Å². The van der Waals surface area contributed by atoms with Crippen LogP contribution in [0.5, 0.6) is 0 Å². The van der Waals surface area contributed by atoms with Crippen LogP contribution in [0.4, 0.5) is 22.0 Å². The molecule has 6 heteroatoms. The number of alkyl halides is 3. The van der Waals surface area contributed by atoms with Crippen molar-refractivity contribution in [2.75, 3.05) is 0 Å². The van der Waals surface area contributed by atoms with Crippen molar-refractivity contribution in [3.63, 3.8) is 0 Å². The molecule has 0 spiro atoms. The van der Waals surface area contributed by atoms with E-state index in [1.807, 2.05) is 0 Å². The molecule has 0 unspecified atom stereocenters. The van der Waals surface area contributed by atoms with Crippen molar-refractivity contribution >= 4 is 5.78 Å². The average Bonchev–Trinajstić information content (AvgIpc) is 2.41. The number of carbonyl (C=O) groups excluding carboxylic acids is 1. The minimum absolute atomic E-state index is 0.0341. The van der Waals surface area contributed by atoms with Gasteiger partial charge in [-0.2, -0.15) is 13.2 Å². The lowest BCUT2D eigenvalue weighted by Gasteiger charge is -2.12. The van der Waals surface area contributed by atoms with Crippen LogP contribution in [0, 0.1) is 18.6 Å². The zero-order chi connectivity index (χ0) is 15.8. The van der Waals surface area contributed by atoms with Gasteiger partial charge in [0.1, 0.15) is 11.6 Å². The first-order valence-electron chi connectivity index (χ1n) is 5.88. The van der Waals surface area contributed by atoms with Gasteiger partial charge < -0.3 is 0 Å². The second-order valence-corrected chi connectivity index (χ2v) is 4.45. The molecular formula is C15H9F5O. The monoisotopic (exact) mass is 300 g/mol. The molecule has 2 rings (SSSR count). The Morgan fingerprint density at radius 2 is 1.57 bits per heavy atom. The molecule has 0 bridgehead atoms. The van der Waals surface area contributed by atoms with E-state index in [4.69, 9.17) is 0 Å². The maximum absolute atomic E-state index is 13.7. The lowest BCUT2D eigenvalue weighted by molar-refractivity contribution is -0.137. The minimum atomic E-state index is -4.76. The minimum Gasteiger partial charge on any atom is -0.288 e. The molecule has 1 nitrogen and oxygen atoms in total. The largest absolute Gasteiger partial charge is 0.417 e.